The third-order valence-electron chi connectivity index (χ3n) is 3.81. The van der Waals surface area contributed by atoms with Gasteiger partial charge in [-0.1, -0.05) is 25.5 Å². The summed E-state index contributed by atoms with van der Waals surface area (Å²) in [5.74, 6) is 0. The van der Waals surface area contributed by atoms with Crippen molar-refractivity contribution in [3.8, 4) is 0 Å². The first-order chi connectivity index (χ1) is 9.62. The molecular weight excluding hydrogens is 272 g/mol. The van der Waals surface area contributed by atoms with Crippen molar-refractivity contribution in [1.82, 2.24) is 9.62 Å². The van der Waals surface area contributed by atoms with Gasteiger partial charge >= 0.3 is 0 Å². The third kappa shape index (κ3) is 4.30. The Morgan fingerprint density at radius 2 is 1.75 bits per heavy atom. The van der Waals surface area contributed by atoms with Crippen molar-refractivity contribution >= 4 is 10.0 Å². The zero-order valence-electron chi connectivity index (χ0n) is 12.1. The Hall–Kier alpha value is -0.910. The summed E-state index contributed by atoms with van der Waals surface area (Å²) >= 11 is 0. The minimum Gasteiger partial charge on any atom is -0.302 e. The Morgan fingerprint density at radius 1 is 1.10 bits per heavy atom. The first-order valence-corrected chi connectivity index (χ1v) is 8.91. The first-order valence-electron chi connectivity index (χ1n) is 7.43. The Bertz CT molecular complexity index is 505. The molecule has 0 bridgehead atoms. The van der Waals surface area contributed by atoms with Crippen LogP contribution >= 0.6 is 0 Å². The molecule has 1 fully saturated rings. The SMILES string of the molecule is CCc1ccc(S(=O)(=O)NCCN2CCCCC2)cc1. The normalized spacial score (nSPS) is 17.2. The molecule has 1 saturated heterocycles. The molecule has 112 valence electrons. The minimum absolute atomic E-state index is 0.355. The van der Waals surface area contributed by atoms with Gasteiger partial charge in [-0.3, -0.25) is 0 Å². The van der Waals surface area contributed by atoms with E-state index in [9.17, 15) is 8.42 Å². The molecule has 0 amide bonds. The lowest BCUT2D eigenvalue weighted by Crippen LogP contribution is -2.37. The van der Waals surface area contributed by atoms with Crippen LogP contribution in [-0.2, 0) is 16.4 Å². The molecule has 0 aliphatic carbocycles. The van der Waals surface area contributed by atoms with Gasteiger partial charge in [-0.05, 0) is 50.0 Å². The zero-order valence-corrected chi connectivity index (χ0v) is 13.0. The average Bonchev–Trinajstić information content (AvgIpc) is 2.48. The number of piperidine rings is 1. The van der Waals surface area contributed by atoms with Crippen LogP contribution in [0.3, 0.4) is 0 Å². The number of benzene rings is 1. The molecule has 0 atom stereocenters. The molecule has 0 unspecified atom stereocenters. The Kier molecular flexibility index (Phi) is 5.57. The maximum Gasteiger partial charge on any atom is 0.240 e. The molecular formula is C15H24N2O2S. The molecule has 1 aliphatic rings. The van der Waals surface area contributed by atoms with Gasteiger partial charge in [0.05, 0.1) is 4.90 Å². The second-order valence-electron chi connectivity index (χ2n) is 5.30. The highest BCUT2D eigenvalue weighted by atomic mass is 32.2. The van der Waals surface area contributed by atoms with Crippen molar-refractivity contribution in [3.63, 3.8) is 0 Å². The Morgan fingerprint density at radius 3 is 2.35 bits per heavy atom. The molecule has 1 N–H and O–H groups in total. The predicted octanol–water partition coefficient (Wildman–Crippen LogP) is 2.01. The van der Waals surface area contributed by atoms with E-state index < -0.39 is 10.0 Å². The number of hydrogen-bond donors (Lipinski definition) is 1. The van der Waals surface area contributed by atoms with Gasteiger partial charge in [-0.25, -0.2) is 13.1 Å². The van der Waals surface area contributed by atoms with E-state index >= 15 is 0 Å². The topological polar surface area (TPSA) is 49.4 Å². The summed E-state index contributed by atoms with van der Waals surface area (Å²) in [4.78, 5) is 2.68. The Labute approximate surface area is 122 Å². The molecule has 1 aromatic rings. The summed E-state index contributed by atoms with van der Waals surface area (Å²) in [6.07, 6.45) is 4.67. The molecule has 2 rings (SSSR count). The van der Waals surface area contributed by atoms with Gasteiger partial charge in [0.1, 0.15) is 0 Å². The van der Waals surface area contributed by atoms with Gasteiger partial charge in [0.15, 0.2) is 0 Å². The fraction of sp³-hybridized carbons (Fsp3) is 0.600. The van der Waals surface area contributed by atoms with Crippen molar-refractivity contribution < 1.29 is 8.42 Å². The molecule has 5 heteroatoms. The van der Waals surface area contributed by atoms with Crippen LogP contribution < -0.4 is 4.72 Å². The number of hydrogen-bond acceptors (Lipinski definition) is 3. The molecule has 0 saturated carbocycles. The lowest BCUT2D eigenvalue weighted by atomic mass is 10.1. The van der Waals surface area contributed by atoms with Crippen LogP contribution in [0, 0.1) is 0 Å². The van der Waals surface area contributed by atoms with E-state index in [0.717, 1.165) is 31.6 Å². The highest BCUT2D eigenvalue weighted by molar-refractivity contribution is 7.89. The fourth-order valence-corrected chi connectivity index (χ4v) is 3.53. The lowest BCUT2D eigenvalue weighted by Gasteiger charge is -2.26. The van der Waals surface area contributed by atoms with Crippen LogP contribution in [0.2, 0.25) is 0 Å². The summed E-state index contributed by atoms with van der Waals surface area (Å²) in [5, 5.41) is 0. The number of nitrogens with zero attached hydrogens (tertiary/aromatic N) is 1. The maximum atomic E-state index is 12.1. The van der Waals surface area contributed by atoms with Crippen LogP contribution in [0.15, 0.2) is 29.2 Å². The highest BCUT2D eigenvalue weighted by Gasteiger charge is 2.15. The predicted molar refractivity (Wildman–Crippen MR) is 81.3 cm³/mol. The van der Waals surface area contributed by atoms with Gasteiger partial charge < -0.3 is 4.90 Å². The maximum absolute atomic E-state index is 12.1. The number of likely N-dealkylation sites (tertiary alicyclic amines) is 1. The summed E-state index contributed by atoms with van der Waals surface area (Å²) in [6, 6.07) is 7.11. The van der Waals surface area contributed by atoms with Crippen molar-refractivity contribution in [2.24, 2.45) is 0 Å². The summed E-state index contributed by atoms with van der Waals surface area (Å²) in [7, 11) is -3.36. The van der Waals surface area contributed by atoms with Gasteiger partial charge in [-0.2, -0.15) is 0 Å². The number of aryl methyl sites for hydroxylation is 1. The van der Waals surface area contributed by atoms with Crippen molar-refractivity contribution in [3.05, 3.63) is 29.8 Å². The van der Waals surface area contributed by atoms with E-state index in [1.54, 1.807) is 12.1 Å². The van der Waals surface area contributed by atoms with E-state index in [-0.39, 0.29) is 0 Å². The number of sulfonamides is 1. The van der Waals surface area contributed by atoms with E-state index in [0.29, 0.717) is 11.4 Å². The van der Waals surface area contributed by atoms with E-state index in [4.69, 9.17) is 0 Å². The van der Waals surface area contributed by atoms with E-state index in [1.807, 2.05) is 12.1 Å². The number of rotatable bonds is 6. The second-order valence-corrected chi connectivity index (χ2v) is 7.06. The molecule has 20 heavy (non-hydrogen) atoms. The van der Waals surface area contributed by atoms with Crippen LogP contribution in [-0.4, -0.2) is 39.5 Å². The molecule has 0 aromatic heterocycles. The molecule has 4 nitrogen and oxygen atoms in total. The van der Waals surface area contributed by atoms with Crippen LogP contribution in [0.4, 0.5) is 0 Å². The molecule has 0 spiro atoms. The van der Waals surface area contributed by atoms with E-state index in [2.05, 4.69) is 16.5 Å². The fourth-order valence-electron chi connectivity index (χ4n) is 2.51. The summed E-state index contributed by atoms with van der Waals surface area (Å²) in [6.45, 7) is 5.52. The molecule has 1 aliphatic heterocycles. The smallest absolute Gasteiger partial charge is 0.240 e. The number of nitrogens with one attached hydrogen (secondary N) is 1. The van der Waals surface area contributed by atoms with Gasteiger partial charge in [0.25, 0.3) is 0 Å². The van der Waals surface area contributed by atoms with Crippen LogP contribution in [0.1, 0.15) is 31.7 Å². The largest absolute Gasteiger partial charge is 0.302 e. The average molecular weight is 296 g/mol. The quantitative estimate of drug-likeness (QED) is 0.873. The third-order valence-corrected chi connectivity index (χ3v) is 5.29. The monoisotopic (exact) mass is 296 g/mol. The lowest BCUT2D eigenvalue weighted by molar-refractivity contribution is 0.233. The Balaban J connectivity index is 1.86. The summed E-state index contributed by atoms with van der Waals surface area (Å²) in [5.41, 5.74) is 1.15. The molecule has 1 heterocycles. The van der Waals surface area contributed by atoms with Crippen LogP contribution in [0.25, 0.3) is 0 Å². The zero-order chi connectivity index (χ0) is 14.4. The van der Waals surface area contributed by atoms with Crippen molar-refractivity contribution in [2.45, 2.75) is 37.5 Å². The standard InChI is InChI=1S/C15H24N2O2S/c1-2-14-6-8-15(9-7-14)20(18,19)16-10-13-17-11-4-3-5-12-17/h6-9,16H,2-5,10-13H2,1H3. The molecule has 0 radical (unpaired) electrons. The van der Waals surface area contributed by atoms with Gasteiger partial charge in [0, 0.05) is 13.1 Å². The first kappa shape index (κ1) is 15.5. The van der Waals surface area contributed by atoms with Crippen molar-refractivity contribution in [2.75, 3.05) is 26.2 Å². The van der Waals surface area contributed by atoms with Crippen molar-refractivity contribution in [1.29, 1.82) is 0 Å². The molecule has 1 aromatic carbocycles. The van der Waals surface area contributed by atoms with Gasteiger partial charge in [-0.15, -0.1) is 0 Å². The second kappa shape index (κ2) is 7.20. The van der Waals surface area contributed by atoms with E-state index in [1.165, 1.54) is 19.3 Å². The van der Waals surface area contributed by atoms with Gasteiger partial charge in [0.2, 0.25) is 10.0 Å². The highest BCUT2D eigenvalue weighted by Crippen LogP contribution is 2.11. The summed E-state index contributed by atoms with van der Waals surface area (Å²) < 4.78 is 27.0. The minimum atomic E-state index is -3.36. The van der Waals surface area contributed by atoms with Crippen LogP contribution in [0.5, 0.6) is 0 Å².